The number of aryl methyl sites for hydroxylation is 1. The van der Waals surface area contributed by atoms with E-state index in [-0.39, 0.29) is 0 Å². The van der Waals surface area contributed by atoms with E-state index in [0.717, 1.165) is 11.1 Å². The number of benzene rings is 2. The predicted octanol–water partition coefficient (Wildman–Crippen LogP) is 3.04. The van der Waals surface area contributed by atoms with Crippen LogP contribution in [0.25, 0.3) is 0 Å². The summed E-state index contributed by atoms with van der Waals surface area (Å²) < 4.78 is 10.9. The molecule has 0 aliphatic carbocycles. The van der Waals surface area contributed by atoms with Gasteiger partial charge in [-0.1, -0.05) is 12.1 Å². The quantitative estimate of drug-likeness (QED) is 0.865. The van der Waals surface area contributed by atoms with Gasteiger partial charge in [0.15, 0.2) is 0 Å². The summed E-state index contributed by atoms with van der Waals surface area (Å²) in [6.45, 7) is 2.35. The minimum Gasteiger partial charge on any atom is -0.495 e. The molecule has 20 heavy (non-hydrogen) atoms. The molecule has 102 valence electrons. The number of methoxy groups -OCH3 is 1. The maximum Gasteiger partial charge on any atom is 0.142 e. The molecule has 0 amide bonds. The molecule has 2 rings (SSSR count). The van der Waals surface area contributed by atoms with Gasteiger partial charge in [-0.2, -0.15) is 5.26 Å². The van der Waals surface area contributed by atoms with Gasteiger partial charge in [-0.25, -0.2) is 0 Å². The van der Waals surface area contributed by atoms with Gasteiger partial charge in [0.05, 0.1) is 18.4 Å². The minimum atomic E-state index is 0.370. The van der Waals surface area contributed by atoms with Crippen LogP contribution in [0.4, 0.5) is 5.69 Å². The van der Waals surface area contributed by atoms with Crippen molar-refractivity contribution in [2.75, 3.05) is 12.8 Å². The highest BCUT2D eigenvalue weighted by Gasteiger charge is 2.05. The third kappa shape index (κ3) is 3.01. The lowest BCUT2D eigenvalue weighted by molar-refractivity contribution is 0.307. The molecule has 0 radical (unpaired) electrons. The molecular weight excluding hydrogens is 252 g/mol. The van der Waals surface area contributed by atoms with E-state index in [0.29, 0.717) is 29.4 Å². The first-order valence-electron chi connectivity index (χ1n) is 6.20. The average molecular weight is 268 g/mol. The Morgan fingerprint density at radius 2 is 1.95 bits per heavy atom. The molecule has 0 atom stereocenters. The molecule has 0 aromatic heterocycles. The molecule has 4 heteroatoms. The van der Waals surface area contributed by atoms with Crippen LogP contribution in [0.5, 0.6) is 11.5 Å². The first-order valence-corrected chi connectivity index (χ1v) is 6.20. The maximum atomic E-state index is 8.93. The van der Waals surface area contributed by atoms with Crippen molar-refractivity contribution in [3.05, 3.63) is 53.1 Å². The lowest BCUT2D eigenvalue weighted by atomic mass is 10.1. The van der Waals surface area contributed by atoms with Crippen LogP contribution in [0.15, 0.2) is 36.4 Å². The fourth-order valence-electron chi connectivity index (χ4n) is 1.88. The Morgan fingerprint density at radius 1 is 1.15 bits per heavy atom. The van der Waals surface area contributed by atoms with Gasteiger partial charge in [-0.05, 0) is 42.3 Å². The Hall–Kier alpha value is -2.67. The van der Waals surface area contributed by atoms with Gasteiger partial charge in [-0.15, -0.1) is 0 Å². The fraction of sp³-hybridized carbons (Fsp3) is 0.188. The lowest BCUT2D eigenvalue weighted by Gasteiger charge is -2.11. The monoisotopic (exact) mass is 268 g/mol. The second-order valence-electron chi connectivity index (χ2n) is 4.48. The topological polar surface area (TPSA) is 68.3 Å². The van der Waals surface area contributed by atoms with Crippen molar-refractivity contribution >= 4 is 5.69 Å². The van der Waals surface area contributed by atoms with Crippen molar-refractivity contribution < 1.29 is 9.47 Å². The average Bonchev–Trinajstić information content (AvgIpc) is 2.46. The highest BCUT2D eigenvalue weighted by atomic mass is 16.5. The van der Waals surface area contributed by atoms with Gasteiger partial charge in [0.2, 0.25) is 0 Å². The largest absolute Gasteiger partial charge is 0.495 e. The smallest absolute Gasteiger partial charge is 0.142 e. The highest BCUT2D eigenvalue weighted by molar-refractivity contribution is 5.54. The van der Waals surface area contributed by atoms with Gasteiger partial charge >= 0.3 is 0 Å². The van der Waals surface area contributed by atoms with Crippen LogP contribution in [-0.4, -0.2) is 7.11 Å². The molecule has 0 unspecified atom stereocenters. The summed E-state index contributed by atoms with van der Waals surface area (Å²) in [5.41, 5.74) is 9.03. The number of ether oxygens (including phenoxy) is 2. The van der Waals surface area contributed by atoms with E-state index < -0.39 is 0 Å². The maximum absolute atomic E-state index is 8.93. The SMILES string of the molecule is COc1cc(COc2ccc(C)cc2N)ccc1C#N. The normalized spacial score (nSPS) is 9.85. The molecule has 2 aromatic rings. The Morgan fingerprint density at radius 3 is 2.60 bits per heavy atom. The first kappa shape index (κ1) is 13.8. The van der Waals surface area contributed by atoms with Crippen molar-refractivity contribution in [1.29, 1.82) is 5.26 Å². The Balaban J connectivity index is 2.13. The standard InChI is InChI=1S/C16H16N2O2/c1-11-3-6-15(14(18)7-11)20-10-12-4-5-13(9-17)16(8-12)19-2/h3-8H,10,18H2,1-2H3. The van der Waals surface area contributed by atoms with Gasteiger partial charge in [0, 0.05) is 0 Å². The van der Waals surface area contributed by atoms with Gasteiger partial charge in [0.1, 0.15) is 24.2 Å². The molecule has 0 heterocycles. The predicted molar refractivity (Wildman–Crippen MR) is 77.6 cm³/mol. The molecule has 4 nitrogen and oxygen atoms in total. The van der Waals surface area contributed by atoms with E-state index in [4.69, 9.17) is 20.5 Å². The van der Waals surface area contributed by atoms with Gasteiger partial charge in [0.25, 0.3) is 0 Å². The number of hydrogen-bond acceptors (Lipinski definition) is 4. The van der Waals surface area contributed by atoms with Gasteiger partial charge in [-0.3, -0.25) is 0 Å². The number of hydrogen-bond donors (Lipinski definition) is 1. The number of rotatable bonds is 4. The first-order chi connectivity index (χ1) is 9.63. The van der Waals surface area contributed by atoms with Crippen molar-refractivity contribution in [2.24, 2.45) is 0 Å². The van der Waals surface area contributed by atoms with Crippen LogP contribution in [0, 0.1) is 18.3 Å². The molecule has 0 saturated carbocycles. The van der Waals surface area contributed by atoms with Crippen LogP contribution >= 0.6 is 0 Å². The zero-order valence-corrected chi connectivity index (χ0v) is 11.5. The molecule has 0 fully saturated rings. The summed E-state index contributed by atoms with van der Waals surface area (Å²) in [5, 5.41) is 8.93. The molecule has 0 spiro atoms. The summed E-state index contributed by atoms with van der Waals surface area (Å²) in [7, 11) is 1.54. The zero-order chi connectivity index (χ0) is 14.5. The van der Waals surface area contributed by atoms with E-state index in [1.165, 1.54) is 0 Å². The van der Waals surface area contributed by atoms with Crippen molar-refractivity contribution in [3.8, 4) is 17.6 Å². The molecule has 0 bridgehead atoms. The number of nitrogens with zero attached hydrogens (tertiary/aromatic N) is 1. The molecule has 2 aromatic carbocycles. The summed E-state index contributed by atoms with van der Waals surface area (Å²) in [6, 6.07) is 13.1. The van der Waals surface area contributed by atoms with E-state index in [1.807, 2.05) is 31.2 Å². The number of nitrogen functional groups attached to an aromatic ring is 1. The molecular formula is C16H16N2O2. The fourth-order valence-corrected chi connectivity index (χ4v) is 1.88. The minimum absolute atomic E-state index is 0.370. The lowest BCUT2D eigenvalue weighted by Crippen LogP contribution is -2.00. The molecule has 0 saturated heterocycles. The van der Waals surface area contributed by atoms with E-state index in [2.05, 4.69) is 6.07 Å². The van der Waals surface area contributed by atoms with Crippen LogP contribution in [0.3, 0.4) is 0 Å². The number of anilines is 1. The summed E-state index contributed by atoms with van der Waals surface area (Å²) in [5.74, 6) is 1.20. The van der Waals surface area contributed by atoms with Crippen molar-refractivity contribution in [3.63, 3.8) is 0 Å². The third-order valence-corrected chi connectivity index (χ3v) is 2.95. The van der Waals surface area contributed by atoms with Crippen LogP contribution in [0.2, 0.25) is 0 Å². The van der Waals surface area contributed by atoms with E-state index in [1.54, 1.807) is 19.2 Å². The Kier molecular flexibility index (Phi) is 4.11. The summed E-state index contributed by atoms with van der Waals surface area (Å²) in [6.07, 6.45) is 0. The Labute approximate surface area is 118 Å². The second kappa shape index (κ2) is 5.98. The third-order valence-electron chi connectivity index (χ3n) is 2.95. The van der Waals surface area contributed by atoms with Crippen LogP contribution in [-0.2, 0) is 6.61 Å². The Bertz CT molecular complexity index is 660. The number of nitriles is 1. The highest BCUT2D eigenvalue weighted by Crippen LogP contribution is 2.24. The summed E-state index contributed by atoms with van der Waals surface area (Å²) >= 11 is 0. The van der Waals surface area contributed by atoms with Crippen LogP contribution in [0.1, 0.15) is 16.7 Å². The van der Waals surface area contributed by atoms with Crippen molar-refractivity contribution in [2.45, 2.75) is 13.5 Å². The summed E-state index contributed by atoms with van der Waals surface area (Å²) in [4.78, 5) is 0. The second-order valence-corrected chi connectivity index (χ2v) is 4.48. The van der Waals surface area contributed by atoms with E-state index >= 15 is 0 Å². The van der Waals surface area contributed by atoms with Gasteiger partial charge < -0.3 is 15.2 Å². The van der Waals surface area contributed by atoms with Crippen LogP contribution < -0.4 is 15.2 Å². The molecule has 0 aliphatic rings. The van der Waals surface area contributed by atoms with E-state index in [9.17, 15) is 0 Å². The zero-order valence-electron chi connectivity index (χ0n) is 11.5. The molecule has 0 aliphatic heterocycles. The number of nitrogens with two attached hydrogens (primary N) is 1. The molecule has 2 N–H and O–H groups in total. The van der Waals surface area contributed by atoms with Crippen molar-refractivity contribution in [1.82, 2.24) is 0 Å².